The smallest absolute Gasteiger partial charge is 0.226 e. The largest absolute Gasteiger partial charge is 0.334 e. The molecule has 0 saturated carbocycles. The Morgan fingerprint density at radius 3 is 2.43 bits per heavy atom. The standard InChI is InChI=1S/C11H16N2O/c14-11(8-3-1-2-4-8)13-9-5-10(13)7-12-6-9/h1-2,8-10,12H,3-7H2/t9-,10+. The Morgan fingerprint density at radius 1 is 1.21 bits per heavy atom. The number of allylic oxidation sites excluding steroid dienone is 2. The van der Waals surface area contributed by atoms with Crippen LogP contribution >= 0.6 is 0 Å². The molecule has 3 nitrogen and oxygen atoms in total. The van der Waals surface area contributed by atoms with E-state index in [-0.39, 0.29) is 5.92 Å². The highest BCUT2D eigenvalue weighted by Crippen LogP contribution is 2.32. The maximum atomic E-state index is 12.1. The highest BCUT2D eigenvalue weighted by atomic mass is 16.2. The van der Waals surface area contributed by atoms with Crippen molar-refractivity contribution in [1.29, 1.82) is 0 Å². The van der Waals surface area contributed by atoms with Crippen molar-refractivity contribution in [2.24, 2.45) is 5.92 Å². The van der Waals surface area contributed by atoms with Gasteiger partial charge in [0, 0.05) is 31.1 Å². The van der Waals surface area contributed by atoms with Gasteiger partial charge in [-0.25, -0.2) is 0 Å². The van der Waals surface area contributed by atoms with Crippen LogP contribution in [0.4, 0.5) is 0 Å². The van der Waals surface area contributed by atoms with Crippen LogP contribution in [0.15, 0.2) is 12.2 Å². The number of piperidine rings is 1. The van der Waals surface area contributed by atoms with Crippen LogP contribution in [0.2, 0.25) is 0 Å². The van der Waals surface area contributed by atoms with Gasteiger partial charge in [0.05, 0.1) is 0 Å². The van der Waals surface area contributed by atoms with Gasteiger partial charge in [0.2, 0.25) is 5.91 Å². The van der Waals surface area contributed by atoms with Gasteiger partial charge in [0.1, 0.15) is 0 Å². The summed E-state index contributed by atoms with van der Waals surface area (Å²) in [5, 5.41) is 3.35. The molecule has 1 N–H and O–H groups in total. The van der Waals surface area contributed by atoms with Crippen molar-refractivity contribution >= 4 is 5.91 Å². The van der Waals surface area contributed by atoms with Crippen LogP contribution in [0.3, 0.4) is 0 Å². The minimum absolute atomic E-state index is 0.262. The fraction of sp³-hybridized carbons (Fsp3) is 0.727. The average molecular weight is 192 g/mol. The second kappa shape index (κ2) is 3.09. The third-order valence-corrected chi connectivity index (χ3v) is 3.70. The molecule has 76 valence electrons. The summed E-state index contributed by atoms with van der Waals surface area (Å²) in [6.45, 7) is 2.00. The van der Waals surface area contributed by atoms with Crippen LogP contribution in [0.5, 0.6) is 0 Å². The number of nitrogens with one attached hydrogen (secondary N) is 1. The van der Waals surface area contributed by atoms with Gasteiger partial charge in [-0.15, -0.1) is 0 Å². The van der Waals surface area contributed by atoms with Crippen LogP contribution in [-0.2, 0) is 4.79 Å². The summed E-state index contributed by atoms with van der Waals surface area (Å²) in [5.74, 6) is 0.663. The molecule has 0 aromatic carbocycles. The fourth-order valence-electron chi connectivity index (χ4n) is 2.87. The lowest BCUT2D eigenvalue weighted by molar-refractivity contribution is -0.151. The average Bonchev–Trinajstić information content (AvgIpc) is 2.71. The van der Waals surface area contributed by atoms with Gasteiger partial charge in [-0.1, -0.05) is 12.2 Å². The van der Waals surface area contributed by atoms with Crippen LogP contribution in [-0.4, -0.2) is 36.0 Å². The molecule has 0 spiro atoms. The molecule has 3 rings (SSSR count). The lowest BCUT2D eigenvalue weighted by atomic mass is 9.86. The maximum Gasteiger partial charge on any atom is 0.226 e. The summed E-state index contributed by atoms with van der Waals surface area (Å²) in [6, 6.07) is 1.00. The zero-order chi connectivity index (χ0) is 9.54. The third-order valence-electron chi connectivity index (χ3n) is 3.70. The molecule has 2 heterocycles. The molecule has 1 amide bonds. The zero-order valence-electron chi connectivity index (χ0n) is 8.28. The first kappa shape index (κ1) is 8.48. The van der Waals surface area contributed by atoms with Gasteiger partial charge in [-0.2, -0.15) is 0 Å². The van der Waals surface area contributed by atoms with E-state index in [1.165, 1.54) is 6.42 Å². The third kappa shape index (κ3) is 1.12. The van der Waals surface area contributed by atoms with Crippen molar-refractivity contribution in [3.63, 3.8) is 0 Å². The number of hydrogen-bond acceptors (Lipinski definition) is 2. The summed E-state index contributed by atoms with van der Waals surface area (Å²) in [7, 11) is 0. The summed E-state index contributed by atoms with van der Waals surface area (Å²) >= 11 is 0. The summed E-state index contributed by atoms with van der Waals surface area (Å²) in [4.78, 5) is 14.2. The fourth-order valence-corrected chi connectivity index (χ4v) is 2.87. The summed E-state index contributed by atoms with van der Waals surface area (Å²) in [5.41, 5.74) is 0. The van der Waals surface area contributed by atoms with E-state index in [1.54, 1.807) is 0 Å². The van der Waals surface area contributed by atoms with E-state index in [9.17, 15) is 4.79 Å². The lowest BCUT2D eigenvalue weighted by Gasteiger charge is -2.53. The van der Waals surface area contributed by atoms with Gasteiger partial charge in [0.25, 0.3) is 0 Å². The molecule has 2 atom stereocenters. The van der Waals surface area contributed by atoms with Crippen molar-refractivity contribution < 1.29 is 4.79 Å². The molecule has 0 unspecified atom stereocenters. The number of rotatable bonds is 1. The van der Waals surface area contributed by atoms with E-state index in [0.717, 1.165) is 25.9 Å². The molecular weight excluding hydrogens is 176 g/mol. The summed E-state index contributed by atoms with van der Waals surface area (Å²) in [6.07, 6.45) is 7.41. The molecule has 14 heavy (non-hydrogen) atoms. The first-order chi connectivity index (χ1) is 6.86. The SMILES string of the molecule is O=C(C1CC=CC1)N1[C@@H]2CNC[C@H]1C2. The Bertz CT molecular complexity index is 265. The molecule has 0 aromatic rings. The molecule has 3 heteroatoms. The zero-order valence-corrected chi connectivity index (χ0v) is 8.28. The molecular formula is C11H16N2O. The predicted octanol–water partition coefficient (Wildman–Crippen LogP) is 0.525. The monoisotopic (exact) mass is 192 g/mol. The van der Waals surface area contributed by atoms with E-state index in [4.69, 9.17) is 0 Å². The van der Waals surface area contributed by atoms with E-state index in [1.807, 2.05) is 0 Å². The predicted molar refractivity (Wildman–Crippen MR) is 53.8 cm³/mol. The Hall–Kier alpha value is -0.830. The van der Waals surface area contributed by atoms with E-state index in [0.29, 0.717) is 18.0 Å². The first-order valence-electron chi connectivity index (χ1n) is 5.54. The number of carbonyl (C=O) groups excluding carboxylic acids is 1. The van der Waals surface area contributed by atoms with E-state index in [2.05, 4.69) is 22.4 Å². The highest BCUT2D eigenvalue weighted by Gasteiger charge is 2.45. The van der Waals surface area contributed by atoms with Crippen molar-refractivity contribution in [1.82, 2.24) is 10.2 Å². The Labute approximate surface area is 84.2 Å². The number of nitrogens with zero attached hydrogens (tertiary/aromatic N) is 1. The minimum Gasteiger partial charge on any atom is -0.334 e. The topological polar surface area (TPSA) is 32.3 Å². The molecule has 0 radical (unpaired) electrons. The van der Waals surface area contributed by atoms with Gasteiger partial charge >= 0.3 is 0 Å². The molecule has 2 bridgehead atoms. The van der Waals surface area contributed by atoms with Gasteiger partial charge in [-0.3, -0.25) is 4.79 Å². The Kier molecular flexibility index (Phi) is 1.87. The molecule has 2 saturated heterocycles. The van der Waals surface area contributed by atoms with Gasteiger partial charge < -0.3 is 10.2 Å². The van der Waals surface area contributed by atoms with Crippen molar-refractivity contribution in [2.75, 3.05) is 13.1 Å². The molecule has 2 aliphatic heterocycles. The minimum atomic E-state index is 0.262. The summed E-state index contributed by atoms with van der Waals surface area (Å²) < 4.78 is 0. The van der Waals surface area contributed by atoms with Crippen molar-refractivity contribution in [2.45, 2.75) is 31.3 Å². The van der Waals surface area contributed by atoms with Gasteiger partial charge in [-0.05, 0) is 19.3 Å². The first-order valence-corrected chi connectivity index (χ1v) is 5.54. The van der Waals surface area contributed by atoms with Gasteiger partial charge in [0.15, 0.2) is 0 Å². The van der Waals surface area contributed by atoms with E-state index < -0.39 is 0 Å². The Balaban J connectivity index is 1.68. The second-order valence-corrected chi connectivity index (χ2v) is 4.59. The molecule has 3 aliphatic rings. The number of carbonyl (C=O) groups is 1. The molecule has 0 aromatic heterocycles. The number of hydrogen-bond donors (Lipinski definition) is 1. The van der Waals surface area contributed by atoms with Crippen LogP contribution in [0.1, 0.15) is 19.3 Å². The van der Waals surface area contributed by atoms with Crippen LogP contribution in [0, 0.1) is 5.92 Å². The van der Waals surface area contributed by atoms with Crippen LogP contribution in [0.25, 0.3) is 0 Å². The second-order valence-electron chi connectivity index (χ2n) is 4.59. The lowest BCUT2D eigenvalue weighted by Crippen LogP contribution is -2.70. The van der Waals surface area contributed by atoms with Crippen molar-refractivity contribution in [3.8, 4) is 0 Å². The quantitative estimate of drug-likeness (QED) is 0.614. The maximum absolute atomic E-state index is 12.1. The highest BCUT2D eigenvalue weighted by molar-refractivity contribution is 5.81. The number of fused-ring (bicyclic) bond motifs is 2. The number of amides is 1. The Morgan fingerprint density at radius 2 is 1.86 bits per heavy atom. The molecule has 1 aliphatic carbocycles. The van der Waals surface area contributed by atoms with Crippen LogP contribution < -0.4 is 5.32 Å². The number of piperazine rings is 1. The van der Waals surface area contributed by atoms with E-state index >= 15 is 0 Å². The van der Waals surface area contributed by atoms with Crippen molar-refractivity contribution in [3.05, 3.63) is 12.2 Å². The molecule has 2 fully saturated rings. The normalized spacial score (nSPS) is 35.9.